The second-order valence-electron chi connectivity index (χ2n) is 7.38. The van der Waals surface area contributed by atoms with Gasteiger partial charge in [-0.1, -0.05) is 69.5 Å². The molecule has 1 N–H and O–H groups in total. The minimum Gasteiger partial charge on any atom is -0.321 e. The first-order valence-electron chi connectivity index (χ1n) is 9.58. The molecule has 30 heavy (non-hydrogen) atoms. The Morgan fingerprint density at radius 3 is 2.43 bits per heavy atom. The molecule has 5 heteroatoms. The summed E-state index contributed by atoms with van der Waals surface area (Å²) in [5.41, 5.74) is 6.77. The van der Waals surface area contributed by atoms with Crippen molar-refractivity contribution in [2.24, 2.45) is 0 Å². The Morgan fingerprint density at radius 2 is 1.73 bits per heavy atom. The molecule has 0 atom stereocenters. The molecule has 0 unspecified atom stereocenters. The summed E-state index contributed by atoms with van der Waals surface area (Å²) in [7, 11) is 0. The van der Waals surface area contributed by atoms with Crippen LogP contribution in [0, 0.1) is 20.8 Å². The van der Waals surface area contributed by atoms with Gasteiger partial charge in [0.2, 0.25) is 0 Å². The lowest BCUT2D eigenvalue weighted by Gasteiger charge is -2.17. The molecule has 0 aliphatic heterocycles. The number of aromatic nitrogens is 1. The number of halogens is 2. The number of amides is 1. The number of pyridine rings is 1. The molecule has 1 aromatic heterocycles. The molecule has 3 nitrogen and oxygen atoms in total. The van der Waals surface area contributed by atoms with Gasteiger partial charge in [-0.15, -0.1) is 0 Å². The Morgan fingerprint density at radius 1 is 1.00 bits per heavy atom. The number of benzene rings is 3. The van der Waals surface area contributed by atoms with E-state index >= 15 is 0 Å². The van der Waals surface area contributed by atoms with E-state index in [9.17, 15) is 4.79 Å². The fourth-order valence-corrected chi connectivity index (χ4v) is 4.48. The van der Waals surface area contributed by atoms with Gasteiger partial charge in [0.25, 0.3) is 5.91 Å². The molecular weight excluding hydrogens is 460 g/mol. The minimum absolute atomic E-state index is 0.202. The molecular formula is C25H20BrClN2O. The summed E-state index contributed by atoms with van der Waals surface area (Å²) in [5, 5.41) is 4.30. The summed E-state index contributed by atoms with van der Waals surface area (Å²) in [6, 6.07) is 19.5. The van der Waals surface area contributed by atoms with Crippen LogP contribution in [0.3, 0.4) is 0 Å². The smallest absolute Gasteiger partial charge is 0.256 e. The lowest BCUT2D eigenvalue weighted by molar-refractivity contribution is 0.102. The number of carbonyl (C=O) groups excluding carboxylic acids is 1. The second kappa shape index (κ2) is 8.21. The maximum atomic E-state index is 13.5. The highest BCUT2D eigenvalue weighted by atomic mass is 79.9. The van der Waals surface area contributed by atoms with Crippen molar-refractivity contribution in [3.05, 3.63) is 92.4 Å². The van der Waals surface area contributed by atoms with Gasteiger partial charge in [0, 0.05) is 15.4 Å². The number of nitrogens with zero attached hydrogens (tertiary/aromatic N) is 1. The van der Waals surface area contributed by atoms with Crippen molar-refractivity contribution in [1.82, 2.24) is 4.98 Å². The Labute approximate surface area is 189 Å². The highest BCUT2D eigenvalue weighted by Crippen LogP contribution is 2.33. The number of carbonyl (C=O) groups is 1. The summed E-state index contributed by atoms with van der Waals surface area (Å²) in [6.07, 6.45) is 0. The molecule has 0 spiro atoms. The predicted molar refractivity (Wildman–Crippen MR) is 128 cm³/mol. The van der Waals surface area contributed by atoms with Crippen LogP contribution in [0.4, 0.5) is 5.69 Å². The summed E-state index contributed by atoms with van der Waals surface area (Å²) in [4.78, 5) is 18.4. The third-order valence-electron chi connectivity index (χ3n) is 5.12. The van der Waals surface area contributed by atoms with Crippen molar-refractivity contribution in [3.63, 3.8) is 0 Å². The lowest BCUT2D eigenvalue weighted by atomic mass is 9.94. The van der Waals surface area contributed by atoms with Crippen LogP contribution in [0.5, 0.6) is 0 Å². The molecule has 1 heterocycles. The Kier molecular flexibility index (Phi) is 5.63. The molecule has 1 amide bonds. The standard InChI is InChI=1S/C25H20BrClN2O/c1-14-11-15(2)23-19(12-14)22(16(3)24(29-23)17-7-5-4-6-8-17)25(30)28-21-10-9-18(26)13-20(21)27/h4-13H,1-3H3,(H,28,30). The van der Waals surface area contributed by atoms with E-state index < -0.39 is 0 Å². The highest BCUT2D eigenvalue weighted by molar-refractivity contribution is 9.10. The van der Waals surface area contributed by atoms with Crippen molar-refractivity contribution in [2.45, 2.75) is 20.8 Å². The maximum Gasteiger partial charge on any atom is 0.256 e. The normalized spacial score (nSPS) is 11.0. The van der Waals surface area contributed by atoms with Gasteiger partial charge >= 0.3 is 0 Å². The number of hydrogen-bond acceptors (Lipinski definition) is 2. The Hall–Kier alpha value is -2.69. The van der Waals surface area contributed by atoms with E-state index in [0.717, 1.165) is 43.3 Å². The maximum absolute atomic E-state index is 13.5. The van der Waals surface area contributed by atoms with Crippen molar-refractivity contribution in [1.29, 1.82) is 0 Å². The number of rotatable bonds is 3. The molecule has 3 aromatic carbocycles. The van der Waals surface area contributed by atoms with Crippen LogP contribution in [0.15, 0.2) is 65.1 Å². The Bertz CT molecular complexity index is 1290. The summed E-state index contributed by atoms with van der Waals surface area (Å²) in [6.45, 7) is 6.00. The van der Waals surface area contributed by atoms with Crippen LogP contribution in [-0.4, -0.2) is 10.9 Å². The molecule has 4 aromatic rings. The van der Waals surface area contributed by atoms with E-state index in [1.807, 2.05) is 63.2 Å². The third kappa shape index (κ3) is 3.85. The summed E-state index contributed by atoms with van der Waals surface area (Å²) >= 11 is 9.74. The molecule has 0 saturated heterocycles. The van der Waals surface area contributed by atoms with Crippen LogP contribution in [0.1, 0.15) is 27.0 Å². The topological polar surface area (TPSA) is 42.0 Å². The number of nitrogens with one attached hydrogen (secondary N) is 1. The van der Waals surface area contributed by atoms with Crippen molar-refractivity contribution in [3.8, 4) is 11.3 Å². The fraction of sp³-hybridized carbons (Fsp3) is 0.120. The van der Waals surface area contributed by atoms with Crippen molar-refractivity contribution in [2.75, 3.05) is 5.32 Å². The average molecular weight is 480 g/mol. The predicted octanol–water partition coefficient (Wildman–Crippen LogP) is 7.50. The van der Waals surface area contributed by atoms with E-state index in [4.69, 9.17) is 16.6 Å². The fourth-order valence-electron chi connectivity index (χ4n) is 3.76. The van der Waals surface area contributed by atoms with E-state index in [1.165, 1.54) is 0 Å². The van der Waals surface area contributed by atoms with Crippen molar-refractivity contribution >= 4 is 50.0 Å². The molecule has 0 aliphatic rings. The average Bonchev–Trinajstić information content (AvgIpc) is 2.70. The van der Waals surface area contributed by atoms with Crippen LogP contribution in [-0.2, 0) is 0 Å². The quantitative estimate of drug-likeness (QED) is 0.330. The molecule has 150 valence electrons. The van der Waals surface area contributed by atoms with Crippen molar-refractivity contribution < 1.29 is 4.79 Å². The SMILES string of the molecule is Cc1cc(C)c2nc(-c3ccccc3)c(C)c(C(=O)Nc3ccc(Br)cc3Cl)c2c1. The van der Waals surface area contributed by atoms with Gasteiger partial charge in [-0.05, 0) is 56.2 Å². The molecule has 0 bridgehead atoms. The zero-order valence-corrected chi connectivity index (χ0v) is 19.2. The van der Waals surface area contributed by atoms with Crippen LogP contribution >= 0.6 is 27.5 Å². The van der Waals surface area contributed by atoms with Crippen LogP contribution in [0.2, 0.25) is 5.02 Å². The molecule has 0 saturated carbocycles. The molecule has 4 rings (SSSR count). The van der Waals surface area contributed by atoms with Gasteiger partial charge in [-0.3, -0.25) is 4.79 Å². The van der Waals surface area contributed by atoms with Gasteiger partial charge in [0.05, 0.1) is 27.5 Å². The molecule has 0 aliphatic carbocycles. The minimum atomic E-state index is -0.202. The summed E-state index contributed by atoms with van der Waals surface area (Å²) < 4.78 is 0.855. The molecule has 0 radical (unpaired) electrons. The lowest BCUT2D eigenvalue weighted by Crippen LogP contribution is -2.16. The Balaban J connectivity index is 1.94. The van der Waals surface area contributed by atoms with E-state index in [2.05, 4.69) is 27.3 Å². The number of aryl methyl sites for hydroxylation is 2. The van der Waals surface area contributed by atoms with Crippen LogP contribution < -0.4 is 5.32 Å². The third-order valence-corrected chi connectivity index (χ3v) is 5.93. The van der Waals surface area contributed by atoms with Gasteiger partial charge in [-0.25, -0.2) is 4.98 Å². The van der Waals surface area contributed by atoms with E-state index in [0.29, 0.717) is 16.3 Å². The number of fused-ring (bicyclic) bond motifs is 1. The first-order valence-corrected chi connectivity index (χ1v) is 10.8. The zero-order chi connectivity index (χ0) is 21.4. The first kappa shape index (κ1) is 20.6. The van der Waals surface area contributed by atoms with E-state index in [-0.39, 0.29) is 5.91 Å². The molecule has 0 fully saturated rings. The van der Waals surface area contributed by atoms with Gasteiger partial charge in [0.15, 0.2) is 0 Å². The largest absolute Gasteiger partial charge is 0.321 e. The number of anilines is 1. The monoisotopic (exact) mass is 478 g/mol. The number of hydrogen-bond donors (Lipinski definition) is 1. The van der Waals surface area contributed by atoms with Gasteiger partial charge in [0.1, 0.15) is 0 Å². The van der Waals surface area contributed by atoms with E-state index in [1.54, 1.807) is 12.1 Å². The van der Waals surface area contributed by atoms with Crippen LogP contribution in [0.25, 0.3) is 22.2 Å². The first-order chi connectivity index (χ1) is 14.3. The summed E-state index contributed by atoms with van der Waals surface area (Å²) in [5.74, 6) is -0.202. The van der Waals surface area contributed by atoms with Gasteiger partial charge < -0.3 is 5.32 Å². The zero-order valence-electron chi connectivity index (χ0n) is 16.9. The van der Waals surface area contributed by atoms with Gasteiger partial charge in [-0.2, -0.15) is 0 Å². The highest BCUT2D eigenvalue weighted by Gasteiger charge is 2.21. The second-order valence-corrected chi connectivity index (χ2v) is 8.71.